The van der Waals surface area contributed by atoms with Crippen molar-refractivity contribution in [2.24, 2.45) is 0 Å². The zero-order chi connectivity index (χ0) is 20.6. The van der Waals surface area contributed by atoms with Gasteiger partial charge in [-0.3, -0.25) is 9.89 Å². The molecule has 0 bridgehead atoms. The SMILES string of the molecule is CC1CN(S(=O)(=O)c2cccc(C(=O)Nc3ccc4[nH]ncc4c3)c2)CC(C)O1. The van der Waals surface area contributed by atoms with Crippen molar-refractivity contribution in [3.05, 3.63) is 54.2 Å². The summed E-state index contributed by atoms with van der Waals surface area (Å²) in [4.78, 5) is 12.8. The Kier molecular flexibility index (Phi) is 5.12. The van der Waals surface area contributed by atoms with Crippen LogP contribution in [-0.2, 0) is 14.8 Å². The number of sulfonamides is 1. The number of morpholine rings is 1. The van der Waals surface area contributed by atoms with Crippen LogP contribution in [0.25, 0.3) is 10.9 Å². The summed E-state index contributed by atoms with van der Waals surface area (Å²) in [5, 5.41) is 10.5. The molecule has 152 valence electrons. The molecule has 1 aliphatic rings. The predicted molar refractivity (Wildman–Crippen MR) is 109 cm³/mol. The third kappa shape index (κ3) is 4.02. The summed E-state index contributed by atoms with van der Waals surface area (Å²) in [6, 6.07) is 11.5. The van der Waals surface area contributed by atoms with Crippen molar-refractivity contribution in [1.29, 1.82) is 0 Å². The summed E-state index contributed by atoms with van der Waals surface area (Å²) in [6.07, 6.45) is 1.30. The van der Waals surface area contributed by atoms with Crippen LogP contribution < -0.4 is 5.32 Å². The first kappa shape index (κ1) is 19.6. The maximum atomic E-state index is 13.1. The Morgan fingerprint density at radius 3 is 2.69 bits per heavy atom. The maximum Gasteiger partial charge on any atom is 0.255 e. The van der Waals surface area contributed by atoms with Gasteiger partial charge in [-0.2, -0.15) is 9.40 Å². The molecule has 2 unspecified atom stereocenters. The molecular formula is C20H22N4O4S. The highest BCUT2D eigenvalue weighted by Gasteiger charge is 2.32. The van der Waals surface area contributed by atoms with Gasteiger partial charge in [0.1, 0.15) is 0 Å². The van der Waals surface area contributed by atoms with Crippen LogP contribution in [0.2, 0.25) is 0 Å². The molecule has 3 aromatic rings. The Morgan fingerprint density at radius 2 is 1.93 bits per heavy atom. The number of anilines is 1. The van der Waals surface area contributed by atoms with E-state index in [1.54, 1.807) is 30.5 Å². The molecule has 1 fully saturated rings. The molecule has 0 radical (unpaired) electrons. The number of hydrogen-bond acceptors (Lipinski definition) is 5. The van der Waals surface area contributed by atoms with Crippen molar-refractivity contribution in [2.45, 2.75) is 31.0 Å². The van der Waals surface area contributed by atoms with E-state index in [-0.39, 0.29) is 41.7 Å². The third-order valence-electron chi connectivity index (χ3n) is 4.82. The Morgan fingerprint density at radius 1 is 1.17 bits per heavy atom. The summed E-state index contributed by atoms with van der Waals surface area (Å²) >= 11 is 0. The maximum absolute atomic E-state index is 13.1. The Labute approximate surface area is 168 Å². The first-order chi connectivity index (χ1) is 13.8. The average Bonchev–Trinajstić information content (AvgIpc) is 3.15. The van der Waals surface area contributed by atoms with Gasteiger partial charge in [0.2, 0.25) is 10.0 Å². The molecule has 4 rings (SSSR count). The van der Waals surface area contributed by atoms with Gasteiger partial charge in [0, 0.05) is 29.7 Å². The van der Waals surface area contributed by atoms with E-state index in [0.29, 0.717) is 5.69 Å². The number of carbonyl (C=O) groups excluding carboxylic acids is 1. The van der Waals surface area contributed by atoms with E-state index in [0.717, 1.165) is 10.9 Å². The molecule has 0 spiro atoms. The van der Waals surface area contributed by atoms with Crippen LogP contribution in [0.3, 0.4) is 0 Å². The normalized spacial score (nSPS) is 20.6. The van der Waals surface area contributed by atoms with E-state index in [2.05, 4.69) is 15.5 Å². The van der Waals surface area contributed by atoms with Crippen molar-refractivity contribution in [1.82, 2.24) is 14.5 Å². The second kappa shape index (κ2) is 7.58. The predicted octanol–water partition coefficient (Wildman–Crippen LogP) is 2.61. The Hall–Kier alpha value is -2.75. The van der Waals surface area contributed by atoms with Gasteiger partial charge in [-0.1, -0.05) is 6.07 Å². The molecule has 1 saturated heterocycles. The van der Waals surface area contributed by atoms with Crippen molar-refractivity contribution < 1.29 is 17.9 Å². The monoisotopic (exact) mass is 414 g/mol. The second-order valence-electron chi connectivity index (χ2n) is 7.23. The highest BCUT2D eigenvalue weighted by molar-refractivity contribution is 7.89. The number of hydrogen-bond donors (Lipinski definition) is 2. The zero-order valence-corrected chi connectivity index (χ0v) is 16.9. The molecule has 9 heteroatoms. The quantitative estimate of drug-likeness (QED) is 0.683. The van der Waals surface area contributed by atoms with Gasteiger partial charge >= 0.3 is 0 Å². The van der Waals surface area contributed by atoms with E-state index < -0.39 is 10.0 Å². The number of rotatable bonds is 4. The molecule has 2 aromatic carbocycles. The first-order valence-corrected chi connectivity index (χ1v) is 10.8. The van der Waals surface area contributed by atoms with Crippen molar-refractivity contribution in [3.8, 4) is 0 Å². The molecule has 8 nitrogen and oxygen atoms in total. The smallest absolute Gasteiger partial charge is 0.255 e. The largest absolute Gasteiger partial charge is 0.373 e. The zero-order valence-electron chi connectivity index (χ0n) is 16.1. The number of ether oxygens (including phenoxy) is 1. The number of nitrogens with zero attached hydrogens (tertiary/aromatic N) is 2. The molecule has 0 saturated carbocycles. The van der Waals surface area contributed by atoms with Crippen LogP contribution in [-0.4, -0.2) is 54.1 Å². The van der Waals surface area contributed by atoms with Crippen LogP contribution in [0, 0.1) is 0 Å². The van der Waals surface area contributed by atoms with E-state index in [1.807, 2.05) is 19.9 Å². The van der Waals surface area contributed by atoms with E-state index in [4.69, 9.17) is 4.74 Å². The lowest BCUT2D eigenvalue weighted by molar-refractivity contribution is -0.0440. The van der Waals surface area contributed by atoms with Crippen molar-refractivity contribution in [3.63, 3.8) is 0 Å². The minimum atomic E-state index is -3.72. The standard InChI is InChI=1S/C20H22N4O4S/c1-13-11-24(12-14(2)28-13)29(26,27)18-5-3-4-15(9-18)20(25)22-17-6-7-19-16(8-17)10-21-23-19/h3-10,13-14H,11-12H2,1-2H3,(H,21,23)(H,22,25). The molecule has 1 aromatic heterocycles. The Balaban J connectivity index is 1.56. The fourth-order valence-electron chi connectivity index (χ4n) is 3.50. The molecule has 2 N–H and O–H groups in total. The molecule has 2 atom stereocenters. The molecule has 1 aliphatic heterocycles. The van der Waals surface area contributed by atoms with E-state index in [1.165, 1.54) is 16.4 Å². The van der Waals surface area contributed by atoms with Gasteiger partial charge in [0.25, 0.3) is 5.91 Å². The van der Waals surface area contributed by atoms with Crippen LogP contribution in [0.5, 0.6) is 0 Å². The van der Waals surface area contributed by atoms with Crippen LogP contribution in [0.15, 0.2) is 53.6 Å². The summed E-state index contributed by atoms with van der Waals surface area (Å²) in [6.45, 7) is 4.26. The van der Waals surface area contributed by atoms with Gasteiger partial charge in [-0.15, -0.1) is 0 Å². The number of benzene rings is 2. The average molecular weight is 414 g/mol. The Bertz CT molecular complexity index is 1150. The van der Waals surface area contributed by atoms with E-state index >= 15 is 0 Å². The number of H-pyrrole nitrogens is 1. The number of nitrogens with one attached hydrogen (secondary N) is 2. The third-order valence-corrected chi connectivity index (χ3v) is 6.65. The summed E-state index contributed by atoms with van der Waals surface area (Å²) < 4.78 is 33.1. The van der Waals surface area contributed by atoms with Crippen molar-refractivity contribution in [2.75, 3.05) is 18.4 Å². The molecule has 2 heterocycles. The summed E-state index contributed by atoms with van der Waals surface area (Å²) in [5.41, 5.74) is 1.74. The fourth-order valence-corrected chi connectivity index (χ4v) is 5.13. The van der Waals surface area contributed by atoms with Crippen molar-refractivity contribution >= 4 is 32.5 Å². The van der Waals surface area contributed by atoms with Crippen LogP contribution in [0.1, 0.15) is 24.2 Å². The van der Waals surface area contributed by atoms with Gasteiger partial charge in [0.15, 0.2) is 0 Å². The van der Waals surface area contributed by atoms with Gasteiger partial charge < -0.3 is 10.1 Å². The highest BCUT2D eigenvalue weighted by atomic mass is 32.2. The number of aromatic amines is 1. The number of carbonyl (C=O) groups is 1. The lowest BCUT2D eigenvalue weighted by atomic mass is 10.2. The lowest BCUT2D eigenvalue weighted by Gasteiger charge is -2.34. The topological polar surface area (TPSA) is 104 Å². The van der Waals surface area contributed by atoms with Crippen LogP contribution >= 0.6 is 0 Å². The number of aromatic nitrogens is 2. The summed E-state index contributed by atoms with van der Waals surface area (Å²) in [7, 11) is -3.72. The fraction of sp³-hybridized carbons (Fsp3) is 0.300. The minimum absolute atomic E-state index is 0.0942. The van der Waals surface area contributed by atoms with E-state index in [9.17, 15) is 13.2 Å². The number of amides is 1. The second-order valence-corrected chi connectivity index (χ2v) is 9.17. The highest BCUT2D eigenvalue weighted by Crippen LogP contribution is 2.23. The van der Waals surface area contributed by atoms with Gasteiger partial charge in [0.05, 0.1) is 28.8 Å². The lowest BCUT2D eigenvalue weighted by Crippen LogP contribution is -2.48. The molecule has 29 heavy (non-hydrogen) atoms. The minimum Gasteiger partial charge on any atom is -0.373 e. The van der Waals surface area contributed by atoms with Gasteiger partial charge in [-0.05, 0) is 50.2 Å². The van der Waals surface area contributed by atoms with Gasteiger partial charge in [-0.25, -0.2) is 8.42 Å². The molecule has 1 amide bonds. The summed E-state index contributed by atoms with van der Waals surface area (Å²) in [5.74, 6) is -0.381. The number of fused-ring (bicyclic) bond motifs is 1. The first-order valence-electron chi connectivity index (χ1n) is 9.33. The molecule has 0 aliphatic carbocycles. The molecular weight excluding hydrogens is 392 g/mol. The van der Waals surface area contributed by atoms with Crippen LogP contribution in [0.4, 0.5) is 5.69 Å².